The highest BCUT2D eigenvalue weighted by molar-refractivity contribution is 6.33. The van der Waals surface area contributed by atoms with Crippen LogP contribution in [0.3, 0.4) is 0 Å². The fourth-order valence-electron chi connectivity index (χ4n) is 8.59. The largest absolute Gasteiger partial charge is 0.313 e. The molecule has 0 amide bonds. The lowest BCUT2D eigenvalue weighted by Crippen LogP contribution is -1.99. The average molecular weight is 641 g/mol. The third-order valence-electron chi connectivity index (χ3n) is 11.3. The van der Waals surface area contributed by atoms with Gasteiger partial charge in [0.05, 0.1) is 11.0 Å². The van der Waals surface area contributed by atoms with Crippen molar-refractivity contribution >= 4 is 54.1 Å². The summed E-state index contributed by atoms with van der Waals surface area (Å²) in [5, 5.41) is 10.5. The molecule has 0 atom stereocenters. The van der Waals surface area contributed by atoms with Crippen LogP contribution in [0, 0.1) is 27.7 Å². The van der Waals surface area contributed by atoms with Gasteiger partial charge >= 0.3 is 0 Å². The quantitative estimate of drug-likeness (QED) is 0.169. The van der Waals surface area contributed by atoms with Crippen LogP contribution in [0.1, 0.15) is 22.5 Å². The van der Waals surface area contributed by atoms with Crippen LogP contribution in [0.4, 0.5) is 0 Å². The number of hydrogen-bond donors (Lipinski definition) is 0. The van der Waals surface area contributed by atoms with Gasteiger partial charge in [-0.15, -0.1) is 0 Å². The lowest BCUT2D eigenvalue weighted by molar-refractivity contribution is 1.04. The summed E-state index contributed by atoms with van der Waals surface area (Å²) in [6.07, 6.45) is 0. The number of fused-ring (bicyclic) bond motifs is 4. The second-order valence-corrected chi connectivity index (χ2v) is 13.9. The maximum Gasteiger partial charge on any atom is 0.0613 e. The highest BCUT2D eigenvalue weighted by Crippen LogP contribution is 2.45. The minimum Gasteiger partial charge on any atom is -0.313 e. The van der Waals surface area contributed by atoms with Crippen LogP contribution in [0.25, 0.3) is 87.8 Å². The fourth-order valence-corrected chi connectivity index (χ4v) is 8.59. The molecule has 2 heterocycles. The van der Waals surface area contributed by atoms with E-state index in [4.69, 9.17) is 0 Å². The molecule has 0 saturated carbocycles. The zero-order valence-electron chi connectivity index (χ0n) is 28.8. The summed E-state index contributed by atoms with van der Waals surface area (Å²) in [6.45, 7) is 9.09. The number of aryl methyl sites for hydroxylation is 2. The molecule has 10 rings (SSSR count). The zero-order chi connectivity index (χ0) is 33.7. The minimum atomic E-state index is 1.19. The van der Waals surface area contributed by atoms with Crippen LogP contribution in [0.5, 0.6) is 0 Å². The van der Waals surface area contributed by atoms with Crippen LogP contribution in [-0.4, -0.2) is 9.13 Å². The Morgan fingerprint density at radius 1 is 0.340 bits per heavy atom. The standard InChI is InChI=1S/C48H36N2/c1-29-31(3)49(39-19-11-17-35(25-39)33-13-7-5-8-14-33)47-41-23-22-38-28-44-30(2)32(4)50(40-20-12-18-36(26-40)34-15-9-6-10-16-34)48(44)42-24-21-37(27-43(29)47)45(41)46(38)42/h5-28H,1-4H3. The predicted molar refractivity (Wildman–Crippen MR) is 214 cm³/mol. The van der Waals surface area contributed by atoms with Gasteiger partial charge in [-0.2, -0.15) is 0 Å². The van der Waals surface area contributed by atoms with E-state index in [1.54, 1.807) is 0 Å². The van der Waals surface area contributed by atoms with Gasteiger partial charge < -0.3 is 9.13 Å². The lowest BCUT2D eigenvalue weighted by atomic mass is 9.91. The molecule has 0 saturated heterocycles. The highest BCUT2D eigenvalue weighted by Gasteiger charge is 2.22. The first-order valence-corrected chi connectivity index (χ1v) is 17.5. The van der Waals surface area contributed by atoms with Crippen LogP contribution in [0.15, 0.2) is 146 Å². The molecular weight excluding hydrogens is 605 g/mol. The van der Waals surface area contributed by atoms with Crippen molar-refractivity contribution < 1.29 is 0 Å². The van der Waals surface area contributed by atoms with Gasteiger partial charge in [0.1, 0.15) is 0 Å². The van der Waals surface area contributed by atoms with Crippen molar-refractivity contribution in [2.24, 2.45) is 0 Å². The second kappa shape index (κ2) is 10.7. The molecule has 0 bridgehead atoms. The molecule has 0 unspecified atom stereocenters. The van der Waals surface area contributed by atoms with Gasteiger partial charge in [-0.3, -0.25) is 0 Å². The summed E-state index contributed by atoms with van der Waals surface area (Å²) in [4.78, 5) is 0. The number of benzene rings is 8. The third-order valence-corrected chi connectivity index (χ3v) is 11.3. The molecular formula is C48H36N2. The Labute approximate surface area is 291 Å². The summed E-state index contributed by atoms with van der Waals surface area (Å²) >= 11 is 0. The fraction of sp³-hybridized carbons (Fsp3) is 0.0833. The molecule has 2 nitrogen and oxygen atoms in total. The predicted octanol–water partition coefficient (Wildman–Crippen LogP) is 13.0. The Morgan fingerprint density at radius 2 is 0.740 bits per heavy atom. The van der Waals surface area contributed by atoms with E-state index >= 15 is 0 Å². The minimum absolute atomic E-state index is 1.19. The smallest absolute Gasteiger partial charge is 0.0613 e. The first kappa shape index (κ1) is 28.9. The number of hydrogen-bond acceptors (Lipinski definition) is 0. The van der Waals surface area contributed by atoms with E-state index in [1.807, 2.05) is 0 Å². The summed E-state index contributed by atoms with van der Waals surface area (Å²) < 4.78 is 4.98. The molecule has 238 valence electrons. The highest BCUT2D eigenvalue weighted by atomic mass is 15.0. The Morgan fingerprint density at radius 3 is 1.16 bits per heavy atom. The van der Waals surface area contributed by atoms with Crippen LogP contribution in [-0.2, 0) is 0 Å². The van der Waals surface area contributed by atoms with Gasteiger partial charge in [-0.1, -0.05) is 109 Å². The first-order chi connectivity index (χ1) is 24.5. The molecule has 8 aromatic carbocycles. The van der Waals surface area contributed by atoms with Gasteiger partial charge in [0.2, 0.25) is 0 Å². The maximum absolute atomic E-state index is 2.49. The zero-order valence-corrected chi connectivity index (χ0v) is 28.8. The molecule has 0 spiro atoms. The molecule has 0 aliphatic rings. The van der Waals surface area contributed by atoms with Crippen molar-refractivity contribution in [1.82, 2.24) is 9.13 Å². The Balaban J connectivity index is 1.28. The van der Waals surface area contributed by atoms with Gasteiger partial charge in [-0.05, 0) is 119 Å². The third kappa shape index (κ3) is 4.02. The summed E-state index contributed by atoms with van der Waals surface area (Å²) in [5.41, 5.74) is 15.1. The maximum atomic E-state index is 2.49. The molecule has 0 N–H and O–H groups in total. The van der Waals surface area contributed by atoms with Crippen molar-refractivity contribution in [3.05, 3.63) is 168 Å². The molecule has 10 aromatic rings. The SMILES string of the molecule is Cc1c(C)n(-c2cccc(-c3ccccc3)c2)c2c1cc1ccc3c4c(ccc2c14)cc1c(C)c(C)n(-c2cccc(-c4ccccc4)c2)c13. The Hall–Kier alpha value is -6.12. The normalized spacial score (nSPS) is 12.0. The summed E-state index contributed by atoms with van der Waals surface area (Å²) in [7, 11) is 0. The van der Waals surface area contributed by atoms with E-state index in [0.717, 1.165) is 0 Å². The molecule has 2 aromatic heterocycles. The van der Waals surface area contributed by atoms with E-state index in [2.05, 4.69) is 182 Å². The van der Waals surface area contributed by atoms with Crippen LogP contribution in [0.2, 0.25) is 0 Å². The van der Waals surface area contributed by atoms with Crippen molar-refractivity contribution in [2.75, 3.05) is 0 Å². The molecule has 0 aliphatic heterocycles. The van der Waals surface area contributed by atoms with Crippen molar-refractivity contribution in [3.8, 4) is 33.6 Å². The van der Waals surface area contributed by atoms with Crippen molar-refractivity contribution in [1.29, 1.82) is 0 Å². The number of nitrogens with zero attached hydrogens (tertiary/aromatic N) is 2. The van der Waals surface area contributed by atoms with Crippen molar-refractivity contribution in [2.45, 2.75) is 27.7 Å². The van der Waals surface area contributed by atoms with E-state index in [0.29, 0.717) is 0 Å². The van der Waals surface area contributed by atoms with Gasteiger partial charge in [0.25, 0.3) is 0 Å². The van der Waals surface area contributed by atoms with Crippen LogP contribution >= 0.6 is 0 Å². The number of aromatic nitrogens is 2. The van der Waals surface area contributed by atoms with Crippen LogP contribution < -0.4 is 0 Å². The molecule has 2 heteroatoms. The topological polar surface area (TPSA) is 9.86 Å². The monoisotopic (exact) mass is 640 g/mol. The van der Waals surface area contributed by atoms with Gasteiger partial charge in [0.15, 0.2) is 0 Å². The van der Waals surface area contributed by atoms with E-state index < -0.39 is 0 Å². The molecule has 0 fully saturated rings. The first-order valence-electron chi connectivity index (χ1n) is 17.5. The average Bonchev–Trinajstić information content (AvgIpc) is 3.58. The summed E-state index contributed by atoms with van der Waals surface area (Å²) in [6, 6.07) is 53.7. The Kier molecular flexibility index (Phi) is 6.17. The molecule has 50 heavy (non-hydrogen) atoms. The molecule has 0 radical (unpaired) electrons. The number of rotatable bonds is 4. The molecule has 0 aliphatic carbocycles. The van der Waals surface area contributed by atoms with E-state index in [-0.39, 0.29) is 0 Å². The second-order valence-electron chi connectivity index (χ2n) is 13.9. The lowest BCUT2D eigenvalue weighted by Gasteiger charge is -2.17. The van der Waals surface area contributed by atoms with Gasteiger partial charge in [-0.25, -0.2) is 0 Å². The van der Waals surface area contributed by atoms with Crippen molar-refractivity contribution in [3.63, 3.8) is 0 Å². The van der Waals surface area contributed by atoms with E-state index in [9.17, 15) is 0 Å². The van der Waals surface area contributed by atoms with Gasteiger partial charge in [0, 0.05) is 44.3 Å². The van der Waals surface area contributed by atoms with E-state index in [1.165, 1.54) is 110 Å². The summed E-state index contributed by atoms with van der Waals surface area (Å²) in [5.74, 6) is 0. The Bertz CT molecular complexity index is 2740.